The van der Waals surface area contributed by atoms with Gasteiger partial charge in [0.25, 0.3) is 0 Å². The van der Waals surface area contributed by atoms with Gasteiger partial charge in [-0.2, -0.15) is 0 Å². The van der Waals surface area contributed by atoms with Gasteiger partial charge in [-0.05, 0) is 38.1 Å². The molecule has 2 heterocycles. The van der Waals surface area contributed by atoms with Gasteiger partial charge in [0.1, 0.15) is 5.82 Å². The van der Waals surface area contributed by atoms with E-state index >= 15 is 0 Å². The van der Waals surface area contributed by atoms with E-state index in [1.807, 2.05) is 0 Å². The molecule has 1 aliphatic heterocycles. The maximum absolute atomic E-state index is 4.49. The normalized spacial score (nSPS) is 19.5. The summed E-state index contributed by atoms with van der Waals surface area (Å²) in [5, 5.41) is 9.88. The molecule has 0 saturated carbocycles. The topological polar surface area (TPSA) is 34.0 Å². The predicted octanol–water partition coefficient (Wildman–Crippen LogP) is 3.40. The van der Waals surface area contributed by atoms with Crippen LogP contribution in [0.2, 0.25) is 0 Å². The highest BCUT2D eigenvalue weighted by Gasteiger charge is 2.26. The van der Waals surface area contributed by atoms with Gasteiger partial charge in [0.15, 0.2) is 5.16 Å². The minimum atomic E-state index is 0.505. The van der Waals surface area contributed by atoms with Crippen molar-refractivity contribution in [3.8, 4) is 0 Å². The van der Waals surface area contributed by atoms with Crippen molar-refractivity contribution >= 4 is 11.8 Å². The predicted molar refractivity (Wildman–Crippen MR) is 91.2 cm³/mol. The summed E-state index contributed by atoms with van der Waals surface area (Å²) in [5.74, 6) is 1.68. The maximum Gasteiger partial charge on any atom is 0.190 e. The van der Waals surface area contributed by atoms with Crippen LogP contribution in [-0.2, 0) is 13.1 Å². The first-order valence-corrected chi connectivity index (χ1v) is 9.27. The van der Waals surface area contributed by atoms with E-state index in [4.69, 9.17) is 0 Å². The molecule has 2 aromatic rings. The van der Waals surface area contributed by atoms with Gasteiger partial charge in [0, 0.05) is 25.6 Å². The Balaban J connectivity index is 1.72. The number of rotatable bonds is 5. The molecule has 0 N–H and O–H groups in total. The zero-order valence-electron chi connectivity index (χ0n) is 13.4. The van der Waals surface area contributed by atoms with Crippen LogP contribution in [0.1, 0.15) is 37.1 Å². The molecular formula is C17H24N4S. The van der Waals surface area contributed by atoms with Crippen LogP contribution in [-0.4, -0.2) is 39.0 Å². The Labute approximate surface area is 136 Å². The fourth-order valence-corrected chi connectivity index (χ4v) is 3.87. The molecule has 3 rings (SSSR count). The van der Waals surface area contributed by atoms with Gasteiger partial charge in [0.2, 0.25) is 0 Å². The number of piperidine rings is 1. The average Bonchev–Trinajstić information content (AvgIpc) is 2.99. The second-order valence-electron chi connectivity index (χ2n) is 5.85. The fourth-order valence-electron chi connectivity index (χ4n) is 3.30. The molecule has 1 atom stereocenters. The summed E-state index contributed by atoms with van der Waals surface area (Å²) in [7, 11) is 0. The summed E-state index contributed by atoms with van der Waals surface area (Å²) in [6.45, 7) is 6.43. The average molecular weight is 316 g/mol. The number of aromatic nitrogens is 3. The summed E-state index contributed by atoms with van der Waals surface area (Å²) < 4.78 is 2.28. The monoisotopic (exact) mass is 316 g/mol. The van der Waals surface area contributed by atoms with E-state index in [2.05, 4.69) is 63.2 Å². The Morgan fingerprint density at radius 2 is 2.05 bits per heavy atom. The first kappa shape index (κ1) is 15.6. The molecule has 0 aliphatic carbocycles. The van der Waals surface area contributed by atoms with Crippen molar-refractivity contribution in [1.82, 2.24) is 19.7 Å². The SMILES string of the molecule is CCn1c(SC)nnc1C1CCCN(Cc2ccccc2)C1. The Morgan fingerprint density at radius 3 is 2.77 bits per heavy atom. The quantitative estimate of drug-likeness (QED) is 0.792. The number of likely N-dealkylation sites (tertiary alicyclic amines) is 1. The highest BCUT2D eigenvalue weighted by Crippen LogP contribution is 2.28. The third-order valence-corrected chi connectivity index (χ3v) is 5.03. The zero-order chi connectivity index (χ0) is 15.4. The smallest absolute Gasteiger partial charge is 0.190 e. The Kier molecular flexibility index (Phi) is 5.16. The van der Waals surface area contributed by atoms with Gasteiger partial charge in [-0.1, -0.05) is 42.1 Å². The van der Waals surface area contributed by atoms with E-state index in [9.17, 15) is 0 Å². The Morgan fingerprint density at radius 1 is 1.23 bits per heavy atom. The summed E-state index contributed by atoms with van der Waals surface area (Å²) in [6, 6.07) is 10.7. The molecule has 1 unspecified atom stereocenters. The summed E-state index contributed by atoms with van der Waals surface area (Å²) in [6.07, 6.45) is 4.53. The third-order valence-electron chi connectivity index (χ3n) is 4.36. The molecule has 1 aliphatic rings. The second kappa shape index (κ2) is 7.29. The molecule has 0 bridgehead atoms. The lowest BCUT2D eigenvalue weighted by atomic mass is 9.96. The lowest BCUT2D eigenvalue weighted by Crippen LogP contribution is -2.35. The van der Waals surface area contributed by atoms with Gasteiger partial charge < -0.3 is 4.57 Å². The number of hydrogen-bond acceptors (Lipinski definition) is 4. The van der Waals surface area contributed by atoms with Crippen molar-refractivity contribution in [2.45, 2.75) is 43.9 Å². The lowest BCUT2D eigenvalue weighted by molar-refractivity contribution is 0.194. The van der Waals surface area contributed by atoms with Crippen molar-refractivity contribution < 1.29 is 0 Å². The van der Waals surface area contributed by atoms with Gasteiger partial charge in [0.05, 0.1) is 0 Å². The fraction of sp³-hybridized carbons (Fsp3) is 0.529. The van der Waals surface area contributed by atoms with Crippen LogP contribution in [0.25, 0.3) is 0 Å². The van der Waals surface area contributed by atoms with Crippen LogP contribution in [0.4, 0.5) is 0 Å². The van der Waals surface area contributed by atoms with E-state index in [-0.39, 0.29) is 0 Å². The minimum absolute atomic E-state index is 0.505. The van der Waals surface area contributed by atoms with Gasteiger partial charge in [-0.3, -0.25) is 4.90 Å². The van der Waals surface area contributed by atoms with Crippen LogP contribution in [0.3, 0.4) is 0 Å². The van der Waals surface area contributed by atoms with Crippen molar-refractivity contribution in [1.29, 1.82) is 0 Å². The lowest BCUT2D eigenvalue weighted by Gasteiger charge is -2.32. The largest absolute Gasteiger partial charge is 0.306 e. The van der Waals surface area contributed by atoms with Crippen LogP contribution in [0.15, 0.2) is 35.5 Å². The van der Waals surface area contributed by atoms with Crippen molar-refractivity contribution in [2.24, 2.45) is 0 Å². The molecule has 5 heteroatoms. The van der Waals surface area contributed by atoms with Crippen molar-refractivity contribution in [2.75, 3.05) is 19.3 Å². The van der Waals surface area contributed by atoms with Gasteiger partial charge in [-0.25, -0.2) is 0 Å². The molecule has 1 saturated heterocycles. The van der Waals surface area contributed by atoms with Crippen LogP contribution < -0.4 is 0 Å². The number of benzene rings is 1. The van der Waals surface area contributed by atoms with E-state index in [1.165, 1.54) is 30.8 Å². The molecular weight excluding hydrogens is 292 g/mol. The Bertz CT molecular complexity index is 596. The van der Waals surface area contributed by atoms with E-state index in [0.717, 1.165) is 24.8 Å². The molecule has 0 radical (unpaired) electrons. The highest BCUT2D eigenvalue weighted by atomic mass is 32.2. The molecule has 1 aromatic heterocycles. The number of hydrogen-bond donors (Lipinski definition) is 0. The van der Waals surface area contributed by atoms with Crippen LogP contribution in [0.5, 0.6) is 0 Å². The Hall–Kier alpha value is -1.33. The molecule has 22 heavy (non-hydrogen) atoms. The van der Waals surface area contributed by atoms with Crippen LogP contribution in [0, 0.1) is 0 Å². The first-order chi connectivity index (χ1) is 10.8. The minimum Gasteiger partial charge on any atom is -0.306 e. The van der Waals surface area contributed by atoms with E-state index < -0.39 is 0 Å². The molecule has 118 valence electrons. The van der Waals surface area contributed by atoms with E-state index in [1.54, 1.807) is 11.8 Å². The van der Waals surface area contributed by atoms with Crippen molar-refractivity contribution in [3.05, 3.63) is 41.7 Å². The maximum atomic E-state index is 4.49. The van der Waals surface area contributed by atoms with E-state index in [0.29, 0.717) is 5.92 Å². The highest BCUT2D eigenvalue weighted by molar-refractivity contribution is 7.98. The first-order valence-electron chi connectivity index (χ1n) is 8.05. The summed E-state index contributed by atoms with van der Waals surface area (Å²) in [5.41, 5.74) is 1.39. The summed E-state index contributed by atoms with van der Waals surface area (Å²) in [4.78, 5) is 2.55. The van der Waals surface area contributed by atoms with Gasteiger partial charge >= 0.3 is 0 Å². The van der Waals surface area contributed by atoms with Gasteiger partial charge in [-0.15, -0.1) is 10.2 Å². The summed E-state index contributed by atoms with van der Waals surface area (Å²) >= 11 is 1.68. The molecule has 1 aromatic carbocycles. The zero-order valence-corrected chi connectivity index (χ0v) is 14.2. The second-order valence-corrected chi connectivity index (χ2v) is 6.62. The third kappa shape index (κ3) is 3.36. The van der Waals surface area contributed by atoms with Crippen molar-refractivity contribution in [3.63, 3.8) is 0 Å². The van der Waals surface area contributed by atoms with Crippen LogP contribution >= 0.6 is 11.8 Å². The number of thioether (sulfide) groups is 1. The molecule has 4 nitrogen and oxygen atoms in total. The number of nitrogens with zero attached hydrogens (tertiary/aromatic N) is 4. The molecule has 1 fully saturated rings. The molecule has 0 spiro atoms. The molecule has 0 amide bonds. The standard InChI is InChI=1S/C17H24N4S/c1-3-21-16(18-19-17(21)22-2)15-10-7-11-20(13-15)12-14-8-5-4-6-9-14/h4-6,8-9,15H,3,7,10-13H2,1-2H3.